The summed E-state index contributed by atoms with van der Waals surface area (Å²) in [7, 11) is 0. The number of carbonyl (C=O) groups is 1. The summed E-state index contributed by atoms with van der Waals surface area (Å²) in [4.78, 5) is 14.1. The van der Waals surface area contributed by atoms with Crippen molar-refractivity contribution in [3.63, 3.8) is 0 Å². The van der Waals surface area contributed by atoms with Gasteiger partial charge in [-0.1, -0.05) is 26.2 Å². The Hall–Kier alpha value is -0.730. The molecule has 2 atom stereocenters. The summed E-state index contributed by atoms with van der Waals surface area (Å²) in [5.74, 6) is 0.659. The molecule has 1 heterocycles. The van der Waals surface area contributed by atoms with Crippen LogP contribution in [0.2, 0.25) is 0 Å². The second kappa shape index (κ2) is 5.07. The Bertz CT molecular complexity index is 248. The minimum atomic E-state index is 0.170. The number of likely N-dealkylation sites (tertiary alicyclic amines) is 1. The van der Waals surface area contributed by atoms with E-state index in [1.165, 1.54) is 32.1 Å². The first-order valence-electron chi connectivity index (χ1n) is 6.74. The Morgan fingerprint density at radius 1 is 1.19 bits per heavy atom. The van der Waals surface area contributed by atoms with Gasteiger partial charge in [0, 0.05) is 18.6 Å². The molecule has 1 N–H and O–H groups in total. The number of hydrogen-bond donors (Lipinski definition) is 1. The van der Waals surface area contributed by atoms with E-state index in [1.807, 2.05) is 4.90 Å². The van der Waals surface area contributed by atoms with Crippen LogP contribution in [0.4, 0.5) is 4.79 Å². The van der Waals surface area contributed by atoms with Gasteiger partial charge in [0.05, 0.1) is 0 Å². The van der Waals surface area contributed by atoms with Crippen molar-refractivity contribution in [3.05, 3.63) is 0 Å². The molecule has 1 aliphatic carbocycles. The predicted molar refractivity (Wildman–Crippen MR) is 65.4 cm³/mol. The highest BCUT2D eigenvalue weighted by Gasteiger charge is 2.30. The minimum Gasteiger partial charge on any atom is -0.335 e. The highest BCUT2D eigenvalue weighted by molar-refractivity contribution is 5.75. The van der Waals surface area contributed by atoms with Crippen molar-refractivity contribution in [2.75, 3.05) is 6.54 Å². The summed E-state index contributed by atoms with van der Waals surface area (Å²) in [5.41, 5.74) is 0. The van der Waals surface area contributed by atoms with Gasteiger partial charge in [-0.15, -0.1) is 0 Å². The van der Waals surface area contributed by atoms with E-state index in [0.29, 0.717) is 18.0 Å². The molecule has 0 aromatic rings. The van der Waals surface area contributed by atoms with Crippen molar-refractivity contribution in [1.82, 2.24) is 10.2 Å². The smallest absolute Gasteiger partial charge is 0.317 e. The van der Waals surface area contributed by atoms with Crippen LogP contribution in [0.3, 0.4) is 0 Å². The molecule has 1 saturated heterocycles. The Balaban J connectivity index is 1.82. The maximum atomic E-state index is 12.1. The molecule has 3 nitrogen and oxygen atoms in total. The van der Waals surface area contributed by atoms with Gasteiger partial charge in [0.1, 0.15) is 0 Å². The van der Waals surface area contributed by atoms with Crippen LogP contribution in [0.25, 0.3) is 0 Å². The molecule has 3 heteroatoms. The first kappa shape index (κ1) is 11.7. The van der Waals surface area contributed by atoms with Crippen molar-refractivity contribution in [3.8, 4) is 0 Å². The molecule has 0 aromatic heterocycles. The van der Waals surface area contributed by atoms with Crippen LogP contribution in [0.1, 0.15) is 52.4 Å². The lowest BCUT2D eigenvalue weighted by molar-refractivity contribution is 0.187. The van der Waals surface area contributed by atoms with Gasteiger partial charge in [0.25, 0.3) is 0 Å². The normalized spacial score (nSPS) is 31.8. The Labute approximate surface area is 98.6 Å². The van der Waals surface area contributed by atoms with Crippen LogP contribution in [0.15, 0.2) is 0 Å². The molecule has 0 spiro atoms. The van der Waals surface area contributed by atoms with Crippen LogP contribution in [-0.4, -0.2) is 29.6 Å². The van der Waals surface area contributed by atoms with Gasteiger partial charge < -0.3 is 10.2 Å². The topological polar surface area (TPSA) is 32.3 Å². The molecule has 2 fully saturated rings. The number of hydrogen-bond acceptors (Lipinski definition) is 1. The molecule has 0 bridgehead atoms. The molecule has 16 heavy (non-hydrogen) atoms. The number of urea groups is 1. The molecule has 2 unspecified atom stereocenters. The quantitative estimate of drug-likeness (QED) is 0.730. The van der Waals surface area contributed by atoms with Crippen LogP contribution in [0, 0.1) is 5.92 Å². The first-order valence-corrected chi connectivity index (χ1v) is 6.74. The highest BCUT2D eigenvalue weighted by atomic mass is 16.2. The third-order valence-electron chi connectivity index (χ3n) is 3.98. The van der Waals surface area contributed by atoms with E-state index in [-0.39, 0.29) is 6.03 Å². The lowest BCUT2D eigenvalue weighted by atomic mass is 9.96. The molecule has 1 saturated carbocycles. The van der Waals surface area contributed by atoms with Crippen molar-refractivity contribution in [2.24, 2.45) is 5.92 Å². The van der Waals surface area contributed by atoms with E-state index in [9.17, 15) is 4.79 Å². The van der Waals surface area contributed by atoms with E-state index >= 15 is 0 Å². The van der Waals surface area contributed by atoms with Gasteiger partial charge in [0.15, 0.2) is 0 Å². The fourth-order valence-electron chi connectivity index (χ4n) is 3.09. The fraction of sp³-hybridized carbons (Fsp3) is 0.923. The monoisotopic (exact) mass is 224 g/mol. The largest absolute Gasteiger partial charge is 0.335 e. The number of rotatable bonds is 1. The lowest BCUT2D eigenvalue weighted by Gasteiger charge is -2.28. The average molecular weight is 224 g/mol. The van der Waals surface area contributed by atoms with Crippen molar-refractivity contribution < 1.29 is 4.79 Å². The van der Waals surface area contributed by atoms with Crippen LogP contribution < -0.4 is 5.32 Å². The summed E-state index contributed by atoms with van der Waals surface area (Å²) < 4.78 is 0. The zero-order chi connectivity index (χ0) is 11.5. The van der Waals surface area contributed by atoms with Gasteiger partial charge >= 0.3 is 6.03 Å². The molecule has 0 aromatic carbocycles. The molecule has 0 radical (unpaired) electrons. The zero-order valence-corrected chi connectivity index (χ0v) is 10.5. The summed E-state index contributed by atoms with van der Waals surface area (Å²) in [6.07, 6.45) is 7.38. The summed E-state index contributed by atoms with van der Waals surface area (Å²) >= 11 is 0. The lowest BCUT2D eigenvalue weighted by Crippen LogP contribution is -2.46. The Morgan fingerprint density at radius 2 is 1.88 bits per heavy atom. The summed E-state index contributed by atoms with van der Waals surface area (Å²) in [5, 5.41) is 3.20. The van der Waals surface area contributed by atoms with Crippen molar-refractivity contribution in [1.29, 1.82) is 0 Å². The molecule has 2 amide bonds. The zero-order valence-electron chi connectivity index (χ0n) is 10.5. The second-order valence-corrected chi connectivity index (χ2v) is 5.63. The van der Waals surface area contributed by atoms with E-state index in [0.717, 1.165) is 13.0 Å². The van der Waals surface area contributed by atoms with E-state index < -0.39 is 0 Å². The third kappa shape index (κ3) is 2.69. The number of amides is 2. The van der Waals surface area contributed by atoms with E-state index in [4.69, 9.17) is 0 Å². The molecular weight excluding hydrogens is 200 g/mol. The minimum absolute atomic E-state index is 0.170. The maximum absolute atomic E-state index is 12.1. The van der Waals surface area contributed by atoms with Gasteiger partial charge in [0.2, 0.25) is 0 Å². The molecule has 92 valence electrons. The van der Waals surface area contributed by atoms with Crippen molar-refractivity contribution >= 4 is 6.03 Å². The van der Waals surface area contributed by atoms with E-state index in [2.05, 4.69) is 19.2 Å². The SMILES string of the molecule is CC1CC(C)N(C(=O)NC2CCCCC2)C1. The maximum Gasteiger partial charge on any atom is 0.317 e. The van der Waals surface area contributed by atoms with Crippen LogP contribution >= 0.6 is 0 Å². The molecular formula is C13H24N2O. The first-order chi connectivity index (χ1) is 7.66. The van der Waals surface area contributed by atoms with Gasteiger partial charge in [-0.3, -0.25) is 0 Å². The Kier molecular flexibility index (Phi) is 3.72. The average Bonchev–Trinajstić information content (AvgIpc) is 2.59. The van der Waals surface area contributed by atoms with Gasteiger partial charge in [-0.05, 0) is 32.1 Å². The van der Waals surface area contributed by atoms with Gasteiger partial charge in [-0.2, -0.15) is 0 Å². The third-order valence-corrected chi connectivity index (χ3v) is 3.98. The summed E-state index contributed by atoms with van der Waals surface area (Å²) in [6, 6.07) is 1.02. The van der Waals surface area contributed by atoms with Crippen LogP contribution in [0.5, 0.6) is 0 Å². The Morgan fingerprint density at radius 3 is 2.44 bits per heavy atom. The molecule has 2 rings (SSSR count). The molecule has 2 aliphatic rings. The number of nitrogens with one attached hydrogen (secondary N) is 1. The van der Waals surface area contributed by atoms with Gasteiger partial charge in [-0.25, -0.2) is 4.79 Å². The van der Waals surface area contributed by atoms with Crippen molar-refractivity contribution in [2.45, 2.75) is 64.5 Å². The number of carbonyl (C=O) groups excluding carboxylic acids is 1. The standard InChI is InChI=1S/C13H24N2O/c1-10-8-11(2)15(9-10)13(16)14-12-6-4-3-5-7-12/h10-12H,3-9H2,1-2H3,(H,14,16). The van der Waals surface area contributed by atoms with E-state index in [1.54, 1.807) is 0 Å². The summed E-state index contributed by atoms with van der Waals surface area (Å²) in [6.45, 7) is 5.31. The molecule has 1 aliphatic heterocycles. The fourth-order valence-corrected chi connectivity index (χ4v) is 3.09. The number of nitrogens with zero attached hydrogens (tertiary/aromatic N) is 1. The highest BCUT2D eigenvalue weighted by Crippen LogP contribution is 2.23. The second-order valence-electron chi connectivity index (χ2n) is 5.63. The van der Waals surface area contributed by atoms with Crippen LogP contribution in [-0.2, 0) is 0 Å². The predicted octanol–water partition coefficient (Wildman–Crippen LogP) is 2.76.